The molecule has 0 aromatic heterocycles. The number of carbonyl (C=O) groups is 1. The molecule has 0 fully saturated rings. The molecule has 0 amide bonds. The van der Waals surface area contributed by atoms with Crippen molar-refractivity contribution in [2.45, 2.75) is 33.0 Å². The fourth-order valence-electron chi connectivity index (χ4n) is 2.03. The van der Waals surface area contributed by atoms with Gasteiger partial charge >= 0.3 is 6.16 Å². The molecule has 2 rings (SSSR count). The Balaban J connectivity index is 1.69. The molecule has 0 aliphatic carbocycles. The minimum Gasteiger partial charge on any atom is -0.429 e. The van der Waals surface area contributed by atoms with E-state index in [9.17, 15) is 4.79 Å². The molecule has 0 aliphatic rings. The quantitative estimate of drug-likeness (QED) is 0.564. The van der Waals surface area contributed by atoms with Gasteiger partial charge < -0.3 is 14.8 Å². The average molecular weight is 313 g/mol. The van der Waals surface area contributed by atoms with Gasteiger partial charge in [0.15, 0.2) is 0 Å². The molecule has 0 heterocycles. The van der Waals surface area contributed by atoms with Crippen LogP contribution in [0.25, 0.3) is 0 Å². The molecule has 0 saturated heterocycles. The zero-order chi connectivity index (χ0) is 16.3. The zero-order valence-corrected chi connectivity index (χ0v) is 13.5. The second kappa shape index (κ2) is 9.51. The average Bonchev–Trinajstić information content (AvgIpc) is 2.60. The fourth-order valence-corrected chi connectivity index (χ4v) is 2.03. The van der Waals surface area contributed by atoms with Crippen LogP contribution in [0, 0.1) is 0 Å². The van der Waals surface area contributed by atoms with Crippen LogP contribution in [-0.4, -0.2) is 12.7 Å². The lowest BCUT2D eigenvalue weighted by molar-refractivity contribution is 0.0446. The number of benzene rings is 2. The van der Waals surface area contributed by atoms with Crippen molar-refractivity contribution in [2.75, 3.05) is 11.9 Å². The van der Waals surface area contributed by atoms with Gasteiger partial charge in [-0.25, -0.2) is 4.79 Å². The van der Waals surface area contributed by atoms with E-state index in [-0.39, 0.29) is 13.2 Å². The first kappa shape index (κ1) is 16.9. The van der Waals surface area contributed by atoms with E-state index in [0.717, 1.165) is 29.8 Å². The lowest BCUT2D eigenvalue weighted by atomic mass is 10.2. The molecule has 2 aromatic carbocycles. The summed E-state index contributed by atoms with van der Waals surface area (Å²) in [5.41, 5.74) is 2.95. The first-order valence-electron chi connectivity index (χ1n) is 7.94. The Hall–Kier alpha value is -2.49. The second-order valence-electron chi connectivity index (χ2n) is 5.29. The summed E-state index contributed by atoms with van der Waals surface area (Å²) in [7, 11) is 0. The summed E-state index contributed by atoms with van der Waals surface area (Å²) in [4.78, 5) is 11.6. The fraction of sp³-hybridized carbons (Fsp3) is 0.316. The number of ether oxygens (including phenoxy) is 2. The largest absolute Gasteiger partial charge is 0.508 e. The minimum atomic E-state index is -0.654. The summed E-state index contributed by atoms with van der Waals surface area (Å²) in [6, 6.07) is 17.4. The number of hydrogen-bond donors (Lipinski definition) is 1. The van der Waals surface area contributed by atoms with Gasteiger partial charge in [-0.1, -0.05) is 55.8 Å². The van der Waals surface area contributed by atoms with Gasteiger partial charge in [-0.3, -0.25) is 0 Å². The molecular weight excluding hydrogens is 290 g/mol. The summed E-state index contributed by atoms with van der Waals surface area (Å²) in [6.45, 7) is 3.57. The summed E-state index contributed by atoms with van der Waals surface area (Å²) in [5, 5.41) is 3.34. The minimum absolute atomic E-state index is 0.211. The topological polar surface area (TPSA) is 47.6 Å². The van der Waals surface area contributed by atoms with Crippen molar-refractivity contribution >= 4 is 11.8 Å². The Kier molecular flexibility index (Phi) is 6.98. The van der Waals surface area contributed by atoms with Crippen LogP contribution in [0.1, 0.15) is 30.9 Å². The van der Waals surface area contributed by atoms with Gasteiger partial charge in [-0.2, -0.15) is 0 Å². The van der Waals surface area contributed by atoms with E-state index in [1.165, 1.54) is 6.42 Å². The highest BCUT2D eigenvalue weighted by Crippen LogP contribution is 2.11. The van der Waals surface area contributed by atoms with Crippen LogP contribution in [0.2, 0.25) is 0 Å². The highest BCUT2D eigenvalue weighted by Gasteiger charge is 2.05. The van der Waals surface area contributed by atoms with Crippen LogP contribution in [0.4, 0.5) is 10.5 Å². The Bertz CT molecular complexity index is 581. The summed E-state index contributed by atoms with van der Waals surface area (Å²) in [5.74, 6) is 0. The van der Waals surface area contributed by atoms with Crippen LogP contribution in [0.3, 0.4) is 0 Å². The molecule has 0 saturated carbocycles. The van der Waals surface area contributed by atoms with Gasteiger partial charge in [0.1, 0.15) is 13.2 Å². The molecule has 2 aromatic rings. The predicted molar refractivity (Wildman–Crippen MR) is 91.3 cm³/mol. The van der Waals surface area contributed by atoms with Crippen molar-refractivity contribution in [1.29, 1.82) is 0 Å². The number of anilines is 1. The number of unbranched alkanes of at least 4 members (excludes halogenated alkanes) is 1. The Labute approximate surface area is 137 Å². The van der Waals surface area contributed by atoms with E-state index in [2.05, 4.69) is 12.2 Å². The van der Waals surface area contributed by atoms with Crippen molar-refractivity contribution in [1.82, 2.24) is 0 Å². The molecule has 0 unspecified atom stereocenters. The second-order valence-corrected chi connectivity index (χ2v) is 5.29. The van der Waals surface area contributed by atoms with Gasteiger partial charge in [0, 0.05) is 12.2 Å². The molecule has 0 bridgehead atoms. The highest BCUT2D eigenvalue weighted by molar-refractivity contribution is 5.60. The monoisotopic (exact) mass is 313 g/mol. The van der Waals surface area contributed by atoms with Gasteiger partial charge in [-0.15, -0.1) is 0 Å². The molecule has 0 spiro atoms. The molecule has 1 N–H and O–H groups in total. The van der Waals surface area contributed by atoms with Crippen LogP contribution >= 0.6 is 0 Å². The molecular formula is C19H23NO3. The molecule has 4 heteroatoms. The van der Waals surface area contributed by atoms with E-state index in [0.29, 0.717) is 0 Å². The maximum absolute atomic E-state index is 11.6. The lowest BCUT2D eigenvalue weighted by Crippen LogP contribution is -2.07. The molecule has 4 nitrogen and oxygen atoms in total. The summed E-state index contributed by atoms with van der Waals surface area (Å²) >= 11 is 0. The van der Waals surface area contributed by atoms with Crippen LogP contribution < -0.4 is 5.32 Å². The number of rotatable bonds is 8. The van der Waals surface area contributed by atoms with Crippen LogP contribution in [0.5, 0.6) is 0 Å². The number of nitrogens with one attached hydrogen (secondary N) is 1. The van der Waals surface area contributed by atoms with E-state index in [1.807, 2.05) is 54.6 Å². The lowest BCUT2D eigenvalue weighted by Gasteiger charge is -2.08. The normalized spacial score (nSPS) is 10.1. The first-order valence-corrected chi connectivity index (χ1v) is 7.94. The number of carbonyl (C=O) groups excluding carboxylic acids is 1. The van der Waals surface area contributed by atoms with Gasteiger partial charge in [0.2, 0.25) is 0 Å². The molecule has 0 atom stereocenters. The number of hydrogen-bond acceptors (Lipinski definition) is 4. The standard InChI is InChI=1S/C19H23NO3/c1-2-3-13-20-18-11-9-17(10-12-18)15-23-19(21)22-14-16-7-5-4-6-8-16/h4-12,20H,2-3,13-15H2,1H3. The SMILES string of the molecule is CCCCNc1ccc(COC(=O)OCc2ccccc2)cc1. The molecule has 0 aliphatic heterocycles. The maximum atomic E-state index is 11.6. The van der Waals surface area contributed by atoms with Crippen molar-refractivity contribution in [3.63, 3.8) is 0 Å². The third kappa shape index (κ3) is 6.43. The predicted octanol–water partition coefficient (Wildman–Crippen LogP) is 4.75. The van der Waals surface area contributed by atoms with Gasteiger partial charge in [0.25, 0.3) is 0 Å². The van der Waals surface area contributed by atoms with E-state index >= 15 is 0 Å². The molecule has 0 radical (unpaired) electrons. The molecule has 23 heavy (non-hydrogen) atoms. The maximum Gasteiger partial charge on any atom is 0.508 e. The van der Waals surface area contributed by atoms with Crippen molar-refractivity contribution in [2.24, 2.45) is 0 Å². The summed E-state index contributed by atoms with van der Waals surface area (Å²) < 4.78 is 10.2. The van der Waals surface area contributed by atoms with Gasteiger partial charge in [-0.05, 0) is 29.7 Å². The van der Waals surface area contributed by atoms with Crippen LogP contribution in [0.15, 0.2) is 54.6 Å². The van der Waals surface area contributed by atoms with E-state index in [1.54, 1.807) is 0 Å². The van der Waals surface area contributed by atoms with Crippen molar-refractivity contribution in [3.8, 4) is 0 Å². The third-order valence-corrected chi connectivity index (χ3v) is 3.37. The summed E-state index contributed by atoms with van der Waals surface area (Å²) in [6.07, 6.45) is 1.67. The van der Waals surface area contributed by atoms with Gasteiger partial charge in [0.05, 0.1) is 0 Å². The van der Waals surface area contributed by atoms with E-state index in [4.69, 9.17) is 9.47 Å². The third-order valence-electron chi connectivity index (χ3n) is 3.37. The zero-order valence-electron chi connectivity index (χ0n) is 13.5. The van der Waals surface area contributed by atoms with Crippen molar-refractivity contribution < 1.29 is 14.3 Å². The Morgan fingerprint density at radius 2 is 1.52 bits per heavy atom. The molecule has 122 valence electrons. The highest BCUT2D eigenvalue weighted by atomic mass is 16.7. The smallest absolute Gasteiger partial charge is 0.429 e. The van der Waals surface area contributed by atoms with Crippen molar-refractivity contribution in [3.05, 3.63) is 65.7 Å². The Morgan fingerprint density at radius 1 is 0.913 bits per heavy atom. The Morgan fingerprint density at radius 3 is 2.13 bits per heavy atom. The van der Waals surface area contributed by atoms with Crippen LogP contribution in [-0.2, 0) is 22.7 Å². The first-order chi connectivity index (χ1) is 11.3. The van der Waals surface area contributed by atoms with E-state index < -0.39 is 6.16 Å².